The number of likely N-dealkylation sites (tertiary alicyclic amines) is 2. The van der Waals surface area contributed by atoms with Gasteiger partial charge in [0.2, 0.25) is 0 Å². The van der Waals surface area contributed by atoms with Gasteiger partial charge in [0.05, 0.1) is 0 Å². The van der Waals surface area contributed by atoms with Crippen LogP contribution in [0.1, 0.15) is 64.0 Å². The smallest absolute Gasteiger partial charge is 0.153 e. The Balaban J connectivity index is 1.32. The lowest BCUT2D eigenvalue weighted by Gasteiger charge is -2.30. The van der Waals surface area contributed by atoms with Gasteiger partial charge in [-0.05, 0) is 102 Å². The van der Waals surface area contributed by atoms with Gasteiger partial charge in [-0.1, -0.05) is 13.8 Å². The molecule has 6 nitrogen and oxygen atoms in total. The molecular formula is C24H40N6. The van der Waals surface area contributed by atoms with Crippen molar-refractivity contribution in [3.05, 3.63) is 36.2 Å². The van der Waals surface area contributed by atoms with Crippen LogP contribution in [0.4, 0.5) is 0 Å². The van der Waals surface area contributed by atoms with Crippen LogP contribution in [-0.4, -0.2) is 68.6 Å². The van der Waals surface area contributed by atoms with Crippen molar-refractivity contribution in [3.63, 3.8) is 0 Å². The van der Waals surface area contributed by atoms with Crippen LogP contribution in [0.15, 0.2) is 24.5 Å². The molecular weight excluding hydrogens is 372 g/mol. The molecule has 4 rings (SSSR count). The maximum Gasteiger partial charge on any atom is 0.153 e. The fourth-order valence-corrected chi connectivity index (χ4v) is 4.88. The van der Waals surface area contributed by atoms with Crippen LogP contribution in [0.5, 0.6) is 0 Å². The van der Waals surface area contributed by atoms with Crippen LogP contribution in [0.3, 0.4) is 0 Å². The summed E-state index contributed by atoms with van der Waals surface area (Å²) >= 11 is 0. The van der Waals surface area contributed by atoms with Crippen molar-refractivity contribution in [2.75, 3.05) is 39.3 Å². The molecule has 0 aliphatic carbocycles. The Morgan fingerprint density at radius 3 is 1.60 bits per heavy atom. The van der Waals surface area contributed by atoms with E-state index in [1.165, 1.54) is 65.0 Å². The highest BCUT2D eigenvalue weighted by molar-refractivity contribution is 5.02. The third-order valence-corrected chi connectivity index (χ3v) is 7.09. The van der Waals surface area contributed by atoms with Gasteiger partial charge in [-0.3, -0.25) is 4.68 Å². The lowest BCUT2D eigenvalue weighted by Crippen LogP contribution is -2.34. The van der Waals surface area contributed by atoms with Crippen molar-refractivity contribution in [1.82, 2.24) is 29.3 Å². The molecule has 2 aromatic heterocycles. The van der Waals surface area contributed by atoms with Gasteiger partial charge in [-0.25, -0.2) is 4.68 Å². The Hall–Kier alpha value is -1.66. The molecule has 6 heteroatoms. The lowest BCUT2D eigenvalue weighted by atomic mass is 9.99. The SMILES string of the molecule is CC1CCN(CCCc2nnc(CCCN3CCC(C)CC3)n2-n2cccc2)CC1. The summed E-state index contributed by atoms with van der Waals surface area (Å²) in [4.78, 5) is 5.24. The molecule has 4 heterocycles. The molecule has 0 amide bonds. The van der Waals surface area contributed by atoms with E-state index in [-0.39, 0.29) is 0 Å². The lowest BCUT2D eigenvalue weighted by molar-refractivity contribution is 0.190. The number of piperidine rings is 2. The first-order valence-electron chi connectivity index (χ1n) is 12.2. The van der Waals surface area contributed by atoms with E-state index in [0.717, 1.165) is 49.2 Å². The highest BCUT2D eigenvalue weighted by Crippen LogP contribution is 2.18. The summed E-state index contributed by atoms with van der Waals surface area (Å²) in [7, 11) is 0. The van der Waals surface area contributed by atoms with E-state index >= 15 is 0 Å². The van der Waals surface area contributed by atoms with Gasteiger partial charge in [-0.15, -0.1) is 10.2 Å². The van der Waals surface area contributed by atoms with Gasteiger partial charge in [-0.2, -0.15) is 0 Å². The van der Waals surface area contributed by atoms with Crippen LogP contribution in [0.25, 0.3) is 0 Å². The molecule has 0 unspecified atom stereocenters. The number of aryl methyl sites for hydroxylation is 2. The van der Waals surface area contributed by atoms with Crippen LogP contribution in [-0.2, 0) is 12.8 Å². The van der Waals surface area contributed by atoms with E-state index in [1.54, 1.807) is 0 Å². The molecule has 0 aromatic carbocycles. The van der Waals surface area contributed by atoms with Crippen molar-refractivity contribution in [2.45, 2.75) is 65.2 Å². The number of rotatable bonds is 9. The zero-order chi connectivity index (χ0) is 20.8. The van der Waals surface area contributed by atoms with E-state index in [1.807, 2.05) is 0 Å². The summed E-state index contributed by atoms with van der Waals surface area (Å²) in [5, 5.41) is 9.20. The summed E-state index contributed by atoms with van der Waals surface area (Å²) in [6.45, 7) is 12.1. The van der Waals surface area contributed by atoms with Crippen LogP contribution >= 0.6 is 0 Å². The largest absolute Gasteiger partial charge is 0.303 e. The number of aromatic nitrogens is 4. The summed E-state index contributed by atoms with van der Waals surface area (Å²) in [6.07, 6.45) is 13.9. The summed E-state index contributed by atoms with van der Waals surface area (Å²) < 4.78 is 4.40. The van der Waals surface area contributed by atoms with Gasteiger partial charge in [0.25, 0.3) is 0 Å². The third kappa shape index (κ3) is 5.73. The zero-order valence-corrected chi connectivity index (χ0v) is 19.0. The highest BCUT2D eigenvalue weighted by Gasteiger charge is 2.18. The Kier molecular flexibility index (Phi) is 7.61. The molecule has 0 radical (unpaired) electrons. The van der Waals surface area contributed by atoms with Crippen molar-refractivity contribution < 1.29 is 0 Å². The van der Waals surface area contributed by atoms with Gasteiger partial charge >= 0.3 is 0 Å². The fourth-order valence-electron chi connectivity index (χ4n) is 4.88. The second-order valence-corrected chi connectivity index (χ2v) is 9.66. The number of hydrogen-bond donors (Lipinski definition) is 0. The first-order chi connectivity index (χ1) is 14.7. The Morgan fingerprint density at radius 2 is 1.17 bits per heavy atom. The summed E-state index contributed by atoms with van der Waals surface area (Å²) in [5.41, 5.74) is 0. The van der Waals surface area contributed by atoms with Gasteiger partial charge in [0, 0.05) is 25.2 Å². The molecule has 30 heavy (non-hydrogen) atoms. The molecule has 0 saturated carbocycles. The first kappa shape index (κ1) is 21.6. The average Bonchev–Trinajstić information content (AvgIpc) is 3.41. The van der Waals surface area contributed by atoms with E-state index in [4.69, 9.17) is 0 Å². The van der Waals surface area contributed by atoms with Crippen molar-refractivity contribution in [2.24, 2.45) is 11.8 Å². The minimum atomic E-state index is 0.897. The molecule has 2 aromatic rings. The van der Waals surface area contributed by atoms with E-state index in [2.05, 4.69) is 67.7 Å². The predicted molar refractivity (Wildman–Crippen MR) is 122 cm³/mol. The first-order valence-corrected chi connectivity index (χ1v) is 12.2. The Bertz CT molecular complexity index is 690. The minimum Gasteiger partial charge on any atom is -0.303 e. The van der Waals surface area contributed by atoms with E-state index in [9.17, 15) is 0 Å². The fraction of sp³-hybridized carbons (Fsp3) is 0.750. The van der Waals surface area contributed by atoms with Crippen LogP contribution in [0.2, 0.25) is 0 Å². The third-order valence-electron chi connectivity index (χ3n) is 7.09. The Morgan fingerprint density at radius 1 is 0.733 bits per heavy atom. The zero-order valence-electron chi connectivity index (χ0n) is 19.0. The minimum absolute atomic E-state index is 0.897. The maximum atomic E-state index is 4.60. The van der Waals surface area contributed by atoms with Gasteiger partial charge in [0.15, 0.2) is 11.6 Å². The average molecular weight is 413 g/mol. The number of hydrogen-bond acceptors (Lipinski definition) is 4. The number of nitrogens with zero attached hydrogens (tertiary/aromatic N) is 6. The standard InChI is InChI=1S/C24H40N6/c1-21-9-17-27(18-10-21)13-5-7-23-25-26-24(30(23)29-15-3-4-16-29)8-6-14-28-19-11-22(2)12-20-28/h3-4,15-16,21-22H,5-14,17-20H2,1-2H3. The summed E-state index contributed by atoms with van der Waals surface area (Å²) in [6, 6.07) is 4.16. The second kappa shape index (κ2) is 10.6. The van der Waals surface area contributed by atoms with E-state index in [0.29, 0.717) is 0 Å². The summed E-state index contributed by atoms with van der Waals surface area (Å²) in [5.74, 6) is 3.99. The van der Waals surface area contributed by atoms with Crippen molar-refractivity contribution in [1.29, 1.82) is 0 Å². The topological polar surface area (TPSA) is 42.1 Å². The van der Waals surface area contributed by atoms with E-state index < -0.39 is 0 Å². The molecule has 2 aliphatic heterocycles. The molecule has 0 bridgehead atoms. The molecule has 0 spiro atoms. The molecule has 166 valence electrons. The maximum absolute atomic E-state index is 4.60. The molecule has 0 N–H and O–H groups in total. The van der Waals surface area contributed by atoms with Gasteiger partial charge in [0.1, 0.15) is 0 Å². The predicted octanol–water partition coefficient (Wildman–Crippen LogP) is 3.72. The monoisotopic (exact) mass is 412 g/mol. The Labute approximate surface area is 182 Å². The quantitative estimate of drug-likeness (QED) is 0.629. The second-order valence-electron chi connectivity index (χ2n) is 9.66. The van der Waals surface area contributed by atoms with Crippen molar-refractivity contribution in [3.8, 4) is 0 Å². The van der Waals surface area contributed by atoms with Crippen LogP contribution < -0.4 is 0 Å². The molecule has 2 saturated heterocycles. The molecule has 2 aliphatic rings. The van der Waals surface area contributed by atoms with Crippen LogP contribution in [0, 0.1) is 11.8 Å². The highest BCUT2D eigenvalue weighted by atomic mass is 15.5. The molecule has 2 fully saturated rings. The van der Waals surface area contributed by atoms with Crippen molar-refractivity contribution >= 4 is 0 Å². The normalized spacial score (nSPS) is 20.2. The van der Waals surface area contributed by atoms with Gasteiger partial charge < -0.3 is 9.80 Å². The molecule has 0 atom stereocenters.